The number of rotatable bonds is 13. The average Bonchev–Trinajstić information content (AvgIpc) is 3.61. The van der Waals surface area contributed by atoms with Crippen molar-refractivity contribution in [3.63, 3.8) is 0 Å². The third-order valence-corrected chi connectivity index (χ3v) is 7.53. The first kappa shape index (κ1) is 26.9. The van der Waals surface area contributed by atoms with Crippen molar-refractivity contribution in [3.8, 4) is 27.7 Å². The summed E-state index contributed by atoms with van der Waals surface area (Å²) in [5, 5.41) is 6.50. The Morgan fingerprint density at radius 2 is 1.95 bits per heavy atom. The number of hydrogen-bond donors (Lipinski definition) is 0. The van der Waals surface area contributed by atoms with Gasteiger partial charge in [0.2, 0.25) is 5.88 Å². The molecule has 0 saturated heterocycles. The van der Waals surface area contributed by atoms with Gasteiger partial charge in [-0.25, -0.2) is 14.5 Å². The number of thiophene rings is 1. The Kier molecular flexibility index (Phi) is 9.02. The van der Waals surface area contributed by atoms with Gasteiger partial charge in [-0.3, -0.25) is 4.79 Å². The Bertz CT molecular complexity index is 1320. The molecule has 9 heteroatoms. The van der Waals surface area contributed by atoms with E-state index in [1.807, 2.05) is 42.8 Å². The van der Waals surface area contributed by atoms with E-state index in [2.05, 4.69) is 30.8 Å². The number of pyridine rings is 1. The lowest BCUT2D eigenvalue weighted by atomic mass is 10.0. The van der Waals surface area contributed by atoms with E-state index in [4.69, 9.17) is 19.4 Å². The average molecular weight is 522 g/mol. The van der Waals surface area contributed by atoms with Gasteiger partial charge in [-0.05, 0) is 56.9 Å². The van der Waals surface area contributed by atoms with Crippen molar-refractivity contribution in [3.05, 3.63) is 53.7 Å². The SMILES string of the molecule is CCN(CC)[C@@H](C)CCC(=O)c1cc(OC[C@H](C)OC)nc(-c2cnn3ccc(-c4cccs4)nc23)c1. The van der Waals surface area contributed by atoms with Gasteiger partial charge in [-0.2, -0.15) is 5.10 Å². The van der Waals surface area contributed by atoms with Crippen molar-refractivity contribution < 1.29 is 14.3 Å². The highest BCUT2D eigenvalue weighted by Crippen LogP contribution is 2.29. The van der Waals surface area contributed by atoms with Crippen molar-refractivity contribution in [1.29, 1.82) is 0 Å². The summed E-state index contributed by atoms with van der Waals surface area (Å²) in [6.07, 6.45) is 4.76. The summed E-state index contributed by atoms with van der Waals surface area (Å²) in [6, 6.07) is 9.88. The van der Waals surface area contributed by atoms with Crippen LogP contribution in [0.15, 0.2) is 48.1 Å². The van der Waals surface area contributed by atoms with Crippen molar-refractivity contribution in [1.82, 2.24) is 24.5 Å². The van der Waals surface area contributed by atoms with Crippen LogP contribution in [0.5, 0.6) is 5.88 Å². The van der Waals surface area contributed by atoms with Gasteiger partial charge in [0.25, 0.3) is 0 Å². The third kappa shape index (κ3) is 6.41. The molecular weight excluding hydrogens is 486 g/mol. The molecule has 0 aliphatic heterocycles. The second-order valence-electron chi connectivity index (χ2n) is 9.09. The lowest BCUT2D eigenvalue weighted by molar-refractivity contribution is 0.0699. The third-order valence-electron chi connectivity index (χ3n) is 6.64. The van der Waals surface area contributed by atoms with Crippen LogP contribution < -0.4 is 4.74 Å². The zero-order valence-electron chi connectivity index (χ0n) is 22.2. The van der Waals surface area contributed by atoms with Gasteiger partial charge in [0.05, 0.1) is 34.1 Å². The van der Waals surface area contributed by atoms with E-state index in [0.29, 0.717) is 41.9 Å². The van der Waals surface area contributed by atoms with Crippen LogP contribution in [0.2, 0.25) is 0 Å². The highest BCUT2D eigenvalue weighted by Gasteiger charge is 2.19. The molecule has 0 amide bonds. The van der Waals surface area contributed by atoms with E-state index < -0.39 is 0 Å². The van der Waals surface area contributed by atoms with Crippen LogP contribution >= 0.6 is 11.3 Å². The molecule has 196 valence electrons. The Balaban J connectivity index is 1.68. The molecule has 8 nitrogen and oxygen atoms in total. The van der Waals surface area contributed by atoms with Gasteiger partial charge in [-0.15, -0.1) is 11.3 Å². The van der Waals surface area contributed by atoms with E-state index in [1.165, 1.54) is 0 Å². The zero-order valence-corrected chi connectivity index (χ0v) is 23.0. The molecule has 0 radical (unpaired) electrons. The molecule has 0 aliphatic rings. The topological polar surface area (TPSA) is 81.9 Å². The Morgan fingerprint density at radius 1 is 1.14 bits per heavy atom. The van der Waals surface area contributed by atoms with Gasteiger partial charge in [0.15, 0.2) is 11.4 Å². The van der Waals surface area contributed by atoms with Gasteiger partial charge < -0.3 is 14.4 Å². The molecule has 4 rings (SSSR count). The summed E-state index contributed by atoms with van der Waals surface area (Å²) in [5.74, 6) is 0.450. The van der Waals surface area contributed by atoms with E-state index in [1.54, 1.807) is 35.2 Å². The first-order valence-electron chi connectivity index (χ1n) is 12.8. The van der Waals surface area contributed by atoms with Crippen LogP contribution in [-0.4, -0.2) is 69.2 Å². The molecule has 0 bridgehead atoms. The number of carbonyl (C=O) groups is 1. The number of aromatic nitrogens is 4. The summed E-state index contributed by atoms with van der Waals surface area (Å²) >= 11 is 1.63. The predicted molar refractivity (Wildman–Crippen MR) is 147 cm³/mol. The predicted octanol–water partition coefficient (Wildman–Crippen LogP) is 5.63. The molecular formula is C28H35N5O3S. The maximum atomic E-state index is 13.3. The molecule has 4 aromatic heterocycles. The Morgan fingerprint density at radius 3 is 2.65 bits per heavy atom. The first-order valence-corrected chi connectivity index (χ1v) is 13.6. The molecule has 0 saturated carbocycles. The lowest BCUT2D eigenvalue weighted by Gasteiger charge is -2.26. The van der Waals surface area contributed by atoms with Gasteiger partial charge in [0.1, 0.15) is 6.61 Å². The fourth-order valence-electron chi connectivity index (χ4n) is 4.27. The zero-order chi connectivity index (χ0) is 26.4. The molecule has 0 aliphatic carbocycles. The number of hydrogen-bond acceptors (Lipinski definition) is 8. The van der Waals surface area contributed by atoms with E-state index in [0.717, 1.165) is 35.6 Å². The lowest BCUT2D eigenvalue weighted by Crippen LogP contribution is -2.33. The van der Waals surface area contributed by atoms with Crippen LogP contribution in [0.4, 0.5) is 0 Å². The maximum absolute atomic E-state index is 13.3. The number of fused-ring (bicyclic) bond motifs is 1. The van der Waals surface area contributed by atoms with E-state index in [-0.39, 0.29) is 11.9 Å². The molecule has 0 fully saturated rings. The molecule has 4 heterocycles. The minimum absolute atomic E-state index is 0.0657. The minimum Gasteiger partial charge on any atom is -0.475 e. The minimum atomic E-state index is -0.105. The van der Waals surface area contributed by atoms with Crippen LogP contribution in [-0.2, 0) is 4.74 Å². The number of nitrogens with zero attached hydrogens (tertiary/aromatic N) is 5. The van der Waals surface area contributed by atoms with Crippen molar-refractivity contribution in [2.75, 3.05) is 26.8 Å². The van der Waals surface area contributed by atoms with Crippen LogP contribution in [0.3, 0.4) is 0 Å². The van der Waals surface area contributed by atoms with Crippen LogP contribution in [0.1, 0.15) is 50.9 Å². The van der Waals surface area contributed by atoms with Crippen molar-refractivity contribution in [2.45, 2.75) is 52.7 Å². The largest absolute Gasteiger partial charge is 0.475 e. The van der Waals surface area contributed by atoms with Gasteiger partial charge >= 0.3 is 0 Å². The molecule has 0 N–H and O–H groups in total. The second-order valence-corrected chi connectivity index (χ2v) is 10.0. The quantitative estimate of drug-likeness (QED) is 0.211. The Hall–Kier alpha value is -3.14. The second kappa shape index (κ2) is 12.4. The Labute approximate surface area is 222 Å². The standard InChI is InChI=1S/C28H35N5O3S/c1-6-32(7-2)19(3)10-11-25(34)21-15-24(30-27(16-21)36-18-20(4)35-5)22-17-29-33-13-12-23(31-28(22)33)26-9-8-14-37-26/h8-9,12-17,19-20H,6-7,10-11,18H2,1-5H3/t19-,20-/m0/s1. The number of ether oxygens (including phenoxy) is 2. The number of ketones is 1. The van der Waals surface area contributed by atoms with E-state index in [9.17, 15) is 4.79 Å². The first-order chi connectivity index (χ1) is 17.9. The summed E-state index contributed by atoms with van der Waals surface area (Å²) in [4.78, 5) is 26.4. The van der Waals surface area contributed by atoms with E-state index >= 15 is 0 Å². The van der Waals surface area contributed by atoms with Crippen molar-refractivity contribution in [2.24, 2.45) is 0 Å². The summed E-state index contributed by atoms with van der Waals surface area (Å²) in [6.45, 7) is 10.7. The molecule has 0 aromatic carbocycles. The molecule has 0 unspecified atom stereocenters. The molecule has 2 atom stereocenters. The van der Waals surface area contributed by atoms with Gasteiger partial charge in [0, 0.05) is 37.4 Å². The highest BCUT2D eigenvalue weighted by atomic mass is 32.1. The fraction of sp³-hybridized carbons (Fsp3) is 0.429. The fourth-order valence-corrected chi connectivity index (χ4v) is 4.97. The molecule has 0 spiro atoms. The number of Topliss-reactive ketones (excluding diaryl/α,β-unsaturated/α-hetero) is 1. The van der Waals surface area contributed by atoms with Crippen LogP contribution in [0, 0.1) is 0 Å². The smallest absolute Gasteiger partial charge is 0.214 e. The number of methoxy groups -OCH3 is 1. The summed E-state index contributed by atoms with van der Waals surface area (Å²) in [5.41, 5.74) is 3.47. The number of carbonyl (C=O) groups excluding carboxylic acids is 1. The summed E-state index contributed by atoms with van der Waals surface area (Å²) < 4.78 is 13.0. The van der Waals surface area contributed by atoms with Gasteiger partial charge in [-0.1, -0.05) is 19.9 Å². The normalized spacial score (nSPS) is 13.2. The van der Waals surface area contributed by atoms with Crippen LogP contribution in [0.25, 0.3) is 27.5 Å². The highest BCUT2D eigenvalue weighted by molar-refractivity contribution is 7.13. The molecule has 4 aromatic rings. The molecule has 37 heavy (non-hydrogen) atoms. The van der Waals surface area contributed by atoms with Crippen molar-refractivity contribution >= 4 is 22.8 Å². The maximum Gasteiger partial charge on any atom is 0.214 e. The summed E-state index contributed by atoms with van der Waals surface area (Å²) in [7, 11) is 1.64. The monoisotopic (exact) mass is 521 g/mol.